The molecular weight excluding hydrogens is 901 g/mol. The van der Waals surface area contributed by atoms with Gasteiger partial charge in [-0.15, -0.1) is 0 Å². The highest BCUT2D eigenvalue weighted by molar-refractivity contribution is 5.74. The Morgan fingerprint density at radius 1 is 0.479 bits per heavy atom. The van der Waals surface area contributed by atoms with Crippen LogP contribution in [0.4, 0.5) is 0 Å². The Morgan fingerprint density at radius 3 is 1.35 bits per heavy atom. The van der Waals surface area contributed by atoms with Crippen LogP contribution in [0, 0.1) is 0 Å². The molecule has 0 aromatic carbocycles. The van der Waals surface area contributed by atoms with Gasteiger partial charge in [0.1, 0.15) is 18.8 Å². The van der Waals surface area contributed by atoms with Gasteiger partial charge in [-0.25, -0.2) is 4.79 Å². The number of aliphatic hydroxyl groups excluding tert-OH is 2. The number of unbranched alkanes of at least 4 members (excludes halogenated alkanes) is 26. The molecule has 0 amide bonds. The number of carbonyl (C=O) groups excluding carboxylic acids is 3. The van der Waals surface area contributed by atoms with E-state index in [4.69, 9.17) is 23.7 Å². The third-order valence-corrected chi connectivity index (χ3v) is 12.9. The number of carbonyl (C=O) groups is 4. The largest absolute Gasteiger partial charge is 0.479 e. The molecule has 410 valence electrons. The molecule has 6 atom stereocenters. The molecule has 6 unspecified atom stereocenters. The molecule has 1 saturated heterocycles. The van der Waals surface area contributed by atoms with Gasteiger partial charge in [0.25, 0.3) is 0 Å². The van der Waals surface area contributed by atoms with Gasteiger partial charge in [-0.1, -0.05) is 223 Å². The lowest BCUT2D eigenvalue weighted by molar-refractivity contribution is -0.301. The SMILES string of the molecule is CC/C=C\C/C=C\C/C=C\C/C=C\CCCCCCC(=O)OCC(COC1OC(C(=O)O)C(O)C(O)C1OC(=O)CCCCCCCCCCCCCCCCC)OC(=O)CCCCCCCCCCC. The summed E-state index contributed by atoms with van der Waals surface area (Å²) in [4.78, 5) is 50.9. The van der Waals surface area contributed by atoms with Crippen molar-refractivity contribution in [3.8, 4) is 0 Å². The predicted octanol–water partition coefficient (Wildman–Crippen LogP) is 14.2. The van der Waals surface area contributed by atoms with Crippen molar-refractivity contribution in [2.75, 3.05) is 13.2 Å². The van der Waals surface area contributed by atoms with Crippen LogP contribution in [0.3, 0.4) is 0 Å². The van der Waals surface area contributed by atoms with Crippen molar-refractivity contribution in [3.63, 3.8) is 0 Å². The van der Waals surface area contributed by atoms with Crippen LogP contribution in [0.2, 0.25) is 0 Å². The third-order valence-electron chi connectivity index (χ3n) is 12.9. The first kappa shape index (κ1) is 65.7. The zero-order valence-electron chi connectivity index (χ0n) is 45.0. The van der Waals surface area contributed by atoms with Gasteiger partial charge in [-0.05, 0) is 57.8 Å². The van der Waals surface area contributed by atoms with Crippen LogP contribution in [-0.4, -0.2) is 89.2 Å². The predicted molar refractivity (Wildman–Crippen MR) is 285 cm³/mol. The molecule has 1 aliphatic heterocycles. The average Bonchev–Trinajstić information content (AvgIpc) is 3.35. The molecule has 12 heteroatoms. The number of aliphatic hydroxyl groups is 2. The molecule has 1 heterocycles. The van der Waals surface area contributed by atoms with Crippen molar-refractivity contribution in [2.45, 2.75) is 289 Å². The highest BCUT2D eigenvalue weighted by atomic mass is 16.7. The monoisotopic (exact) mass is 1000 g/mol. The van der Waals surface area contributed by atoms with Crippen LogP contribution in [-0.2, 0) is 42.9 Å². The second-order valence-electron chi connectivity index (χ2n) is 19.6. The Kier molecular flexibility index (Phi) is 44.1. The van der Waals surface area contributed by atoms with E-state index >= 15 is 0 Å². The van der Waals surface area contributed by atoms with Crippen molar-refractivity contribution in [3.05, 3.63) is 48.6 Å². The van der Waals surface area contributed by atoms with Crippen LogP contribution >= 0.6 is 0 Å². The molecule has 1 aliphatic rings. The number of rotatable bonds is 48. The van der Waals surface area contributed by atoms with E-state index in [0.717, 1.165) is 96.3 Å². The summed E-state index contributed by atoms with van der Waals surface area (Å²) in [5.74, 6) is -3.14. The molecule has 0 aromatic rings. The molecule has 12 nitrogen and oxygen atoms in total. The highest BCUT2D eigenvalue weighted by Crippen LogP contribution is 2.26. The van der Waals surface area contributed by atoms with Crippen LogP contribution in [0.5, 0.6) is 0 Å². The molecule has 71 heavy (non-hydrogen) atoms. The summed E-state index contributed by atoms with van der Waals surface area (Å²) in [5.41, 5.74) is 0. The van der Waals surface area contributed by atoms with Gasteiger partial charge in [0, 0.05) is 19.3 Å². The van der Waals surface area contributed by atoms with E-state index in [-0.39, 0.29) is 25.9 Å². The standard InChI is InChI=1S/C59H102O12/c1-4-7-10-13-16-19-21-23-25-26-28-29-31-34-36-39-42-45-51(60)67-48-50(69-52(61)46-43-40-37-33-18-15-12-9-6-3)49-68-59-57(55(64)54(63)56(71-59)58(65)66)70-53(62)47-44-41-38-35-32-30-27-24-22-20-17-14-11-8-5-2/h7,10,16,19,23,25,28-29,50,54-57,59,63-64H,4-6,8-9,11-15,17-18,20-22,24,26-27,30-49H2,1-3H3,(H,65,66)/b10-7-,19-16-,25-23-,29-28-. The summed E-state index contributed by atoms with van der Waals surface area (Å²) in [6.07, 6.45) is 43.8. The van der Waals surface area contributed by atoms with Gasteiger partial charge in [-0.3, -0.25) is 14.4 Å². The third kappa shape index (κ3) is 38.0. The first-order valence-corrected chi connectivity index (χ1v) is 28.6. The lowest BCUT2D eigenvalue weighted by Crippen LogP contribution is -2.61. The number of carboxylic acid groups (broad SMARTS) is 1. The van der Waals surface area contributed by atoms with Crippen LogP contribution in [0.25, 0.3) is 0 Å². The highest BCUT2D eigenvalue weighted by Gasteiger charge is 2.50. The maximum atomic E-state index is 13.0. The summed E-state index contributed by atoms with van der Waals surface area (Å²) in [6, 6.07) is 0. The number of ether oxygens (including phenoxy) is 5. The second-order valence-corrected chi connectivity index (χ2v) is 19.6. The number of esters is 3. The molecule has 0 radical (unpaired) electrons. The number of allylic oxidation sites excluding steroid dienone is 8. The molecule has 0 bridgehead atoms. The molecule has 1 fully saturated rings. The Balaban J connectivity index is 2.67. The minimum absolute atomic E-state index is 0.0625. The van der Waals surface area contributed by atoms with Gasteiger partial charge in [0.2, 0.25) is 0 Å². The summed E-state index contributed by atoms with van der Waals surface area (Å²) >= 11 is 0. The fourth-order valence-electron chi connectivity index (χ4n) is 8.54. The second kappa shape index (κ2) is 47.7. The van der Waals surface area contributed by atoms with Crippen molar-refractivity contribution < 1.29 is 58.2 Å². The Hall–Kier alpha value is -3.32. The topological polar surface area (TPSA) is 175 Å². The fourth-order valence-corrected chi connectivity index (χ4v) is 8.54. The van der Waals surface area contributed by atoms with Crippen LogP contribution in [0.1, 0.15) is 252 Å². The average molecular weight is 1000 g/mol. The maximum absolute atomic E-state index is 13.0. The smallest absolute Gasteiger partial charge is 0.335 e. The molecule has 1 rings (SSSR count). The zero-order chi connectivity index (χ0) is 51.8. The van der Waals surface area contributed by atoms with Gasteiger partial charge in [-0.2, -0.15) is 0 Å². The lowest BCUT2D eigenvalue weighted by atomic mass is 9.98. The quantitative estimate of drug-likeness (QED) is 0.0228. The van der Waals surface area contributed by atoms with Crippen molar-refractivity contribution >= 4 is 23.9 Å². The van der Waals surface area contributed by atoms with E-state index < -0.39 is 67.3 Å². The van der Waals surface area contributed by atoms with E-state index in [0.29, 0.717) is 19.3 Å². The number of aliphatic carboxylic acids is 1. The summed E-state index contributed by atoms with van der Waals surface area (Å²) in [7, 11) is 0. The first-order valence-electron chi connectivity index (χ1n) is 28.6. The van der Waals surface area contributed by atoms with Gasteiger partial charge in [0.05, 0.1) is 6.61 Å². The lowest BCUT2D eigenvalue weighted by Gasteiger charge is -2.40. The molecule has 3 N–H and O–H groups in total. The molecule has 0 saturated carbocycles. The minimum atomic E-state index is -1.90. The van der Waals surface area contributed by atoms with Gasteiger partial charge < -0.3 is 39.0 Å². The Bertz CT molecular complexity index is 1420. The summed E-state index contributed by atoms with van der Waals surface area (Å²) in [5, 5.41) is 31.4. The van der Waals surface area contributed by atoms with E-state index in [1.54, 1.807) is 0 Å². The van der Waals surface area contributed by atoms with Crippen molar-refractivity contribution in [1.82, 2.24) is 0 Å². The molecule has 0 spiro atoms. The van der Waals surface area contributed by atoms with Crippen LogP contribution < -0.4 is 0 Å². The minimum Gasteiger partial charge on any atom is -0.479 e. The first-order chi connectivity index (χ1) is 34.6. The van der Waals surface area contributed by atoms with E-state index in [9.17, 15) is 34.5 Å². The van der Waals surface area contributed by atoms with Crippen LogP contribution in [0.15, 0.2) is 48.6 Å². The van der Waals surface area contributed by atoms with E-state index in [1.165, 1.54) is 96.3 Å². The number of hydrogen-bond donors (Lipinski definition) is 3. The van der Waals surface area contributed by atoms with Crippen molar-refractivity contribution in [2.24, 2.45) is 0 Å². The Labute approximate surface area is 431 Å². The Morgan fingerprint density at radius 2 is 0.887 bits per heavy atom. The van der Waals surface area contributed by atoms with Gasteiger partial charge >= 0.3 is 23.9 Å². The van der Waals surface area contributed by atoms with Gasteiger partial charge in [0.15, 0.2) is 24.6 Å². The van der Waals surface area contributed by atoms with E-state index in [2.05, 4.69) is 69.4 Å². The van der Waals surface area contributed by atoms with Crippen molar-refractivity contribution in [1.29, 1.82) is 0 Å². The molecule has 0 aliphatic carbocycles. The maximum Gasteiger partial charge on any atom is 0.335 e. The number of hydrogen-bond acceptors (Lipinski definition) is 11. The molecule has 0 aromatic heterocycles. The number of carboxylic acids is 1. The van der Waals surface area contributed by atoms with E-state index in [1.807, 2.05) is 0 Å². The molecular formula is C59H102O12. The summed E-state index contributed by atoms with van der Waals surface area (Å²) in [6.45, 7) is 5.84. The fraction of sp³-hybridized carbons (Fsp3) is 0.797. The summed E-state index contributed by atoms with van der Waals surface area (Å²) < 4.78 is 28.3. The normalized spacial score (nSPS) is 18.8. The zero-order valence-corrected chi connectivity index (χ0v) is 45.0.